The molecule has 0 saturated heterocycles. The standard InChI is InChI=1S/C15H10N2/c1-2-6-13(7-3-1)9-10-15-16-12-14-8-4-5-11-17(14)15/h1-8,11-12H. The fourth-order valence-corrected chi connectivity index (χ4v) is 1.69. The molecule has 2 heterocycles. The lowest BCUT2D eigenvalue weighted by molar-refractivity contribution is 1.12. The lowest BCUT2D eigenvalue weighted by Gasteiger charge is -1.92. The summed E-state index contributed by atoms with van der Waals surface area (Å²) in [7, 11) is 0. The summed E-state index contributed by atoms with van der Waals surface area (Å²) in [4.78, 5) is 4.30. The molecule has 0 aliphatic heterocycles. The van der Waals surface area contributed by atoms with Crippen molar-refractivity contribution in [3.05, 3.63) is 72.3 Å². The summed E-state index contributed by atoms with van der Waals surface area (Å²) in [5.41, 5.74) is 2.06. The van der Waals surface area contributed by atoms with Crippen molar-refractivity contribution in [3.8, 4) is 11.8 Å². The first-order valence-corrected chi connectivity index (χ1v) is 5.43. The highest BCUT2D eigenvalue weighted by atomic mass is 15.0. The van der Waals surface area contributed by atoms with Gasteiger partial charge in [-0.1, -0.05) is 30.2 Å². The lowest BCUT2D eigenvalue weighted by Crippen LogP contribution is -1.87. The molecule has 0 aliphatic rings. The summed E-state index contributed by atoms with van der Waals surface area (Å²) >= 11 is 0. The van der Waals surface area contributed by atoms with Gasteiger partial charge in [-0.15, -0.1) is 0 Å². The fraction of sp³-hybridized carbons (Fsp3) is 0. The molecular formula is C15H10N2. The summed E-state index contributed by atoms with van der Waals surface area (Å²) in [5, 5.41) is 0. The van der Waals surface area contributed by atoms with Gasteiger partial charge in [0.2, 0.25) is 0 Å². The van der Waals surface area contributed by atoms with Crippen molar-refractivity contribution in [3.63, 3.8) is 0 Å². The average Bonchev–Trinajstić information content (AvgIpc) is 2.81. The molecule has 0 amide bonds. The zero-order chi connectivity index (χ0) is 11.5. The summed E-state index contributed by atoms with van der Waals surface area (Å²) < 4.78 is 1.98. The third-order valence-corrected chi connectivity index (χ3v) is 2.53. The topological polar surface area (TPSA) is 17.3 Å². The Hall–Kier alpha value is -2.53. The van der Waals surface area contributed by atoms with Gasteiger partial charge in [0, 0.05) is 11.8 Å². The van der Waals surface area contributed by atoms with E-state index in [4.69, 9.17) is 0 Å². The van der Waals surface area contributed by atoms with E-state index in [1.807, 2.05) is 65.3 Å². The number of imidazole rings is 1. The number of nitrogens with zero attached hydrogens (tertiary/aromatic N) is 2. The van der Waals surface area contributed by atoms with Gasteiger partial charge in [0.05, 0.1) is 11.7 Å². The Morgan fingerprint density at radius 3 is 2.59 bits per heavy atom. The number of hydrogen-bond acceptors (Lipinski definition) is 1. The van der Waals surface area contributed by atoms with Crippen LogP contribution in [0.2, 0.25) is 0 Å². The lowest BCUT2D eigenvalue weighted by atomic mass is 10.2. The molecular weight excluding hydrogens is 208 g/mol. The van der Waals surface area contributed by atoms with Gasteiger partial charge < -0.3 is 0 Å². The van der Waals surface area contributed by atoms with Crippen LogP contribution in [0.1, 0.15) is 11.4 Å². The predicted molar refractivity (Wildman–Crippen MR) is 67.6 cm³/mol. The van der Waals surface area contributed by atoms with E-state index in [1.54, 1.807) is 0 Å². The zero-order valence-electron chi connectivity index (χ0n) is 9.17. The van der Waals surface area contributed by atoms with Crippen LogP contribution in [-0.2, 0) is 0 Å². The highest BCUT2D eigenvalue weighted by Gasteiger charge is 1.97. The van der Waals surface area contributed by atoms with E-state index in [1.165, 1.54) is 0 Å². The molecule has 0 spiro atoms. The van der Waals surface area contributed by atoms with Crippen LogP contribution in [0.25, 0.3) is 5.52 Å². The van der Waals surface area contributed by atoms with E-state index < -0.39 is 0 Å². The first kappa shape index (κ1) is 9.68. The van der Waals surface area contributed by atoms with Gasteiger partial charge in [-0.2, -0.15) is 0 Å². The third-order valence-electron chi connectivity index (χ3n) is 2.53. The molecule has 0 unspecified atom stereocenters. The number of hydrogen-bond donors (Lipinski definition) is 0. The van der Waals surface area contributed by atoms with Crippen molar-refractivity contribution in [1.29, 1.82) is 0 Å². The summed E-state index contributed by atoms with van der Waals surface area (Å²) in [5.74, 6) is 6.96. The Morgan fingerprint density at radius 2 is 1.71 bits per heavy atom. The van der Waals surface area contributed by atoms with E-state index in [0.717, 1.165) is 16.9 Å². The van der Waals surface area contributed by atoms with Gasteiger partial charge in [0.1, 0.15) is 0 Å². The number of pyridine rings is 1. The van der Waals surface area contributed by atoms with Gasteiger partial charge >= 0.3 is 0 Å². The Bertz CT molecular complexity index is 700. The molecule has 0 N–H and O–H groups in total. The van der Waals surface area contributed by atoms with Crippen molar-refractivity contribution in [2.75, 3.05) is 0 Å². The quantitative estimate of drug-likeness (QED) is 0.530. The third kappa shape index (κ3) is 1.91. The molecule has 0 aliphatic carbocycles. The van der Waals surface area contributed by atoms with Crippen LogP contribution in [0.4, 0.5) is 0 Å². The molecule has 0 fully saturated rings. The monoisotopic (exact) mass is 218 g/mol. The Balaban J connectivity index is 2.04. The smallest absolute Gasteiger partial charge is 0.190 e. The number of aromatic nitrogens is 2. The minimum absolute atomic E-state index is 0.768. The van der Waals surface area contributed by atoms with E-state index >= 15 is 0 Å². The maximum Gasteiger partial charge on any atom is 0.190 e. The van der Waals surface area contributed by atoms with Gasteiger partial charge in [-0.05, 0) is 30.2 Å². The van der Waals surface area contributed by atoms with Gasteiger partial charge in [0.15, 0.2) is 5.82 Å². The Labute approximate surface area is 99.6 Å². The van der Waals surface area contributed by atoms with E-state index in [9.17, 15) is 0 Å². The van der Waals surface area contributed by atoms with Crippen LogP contribution in [0.5, 0.6) is 0 Å². The average molecular weight is 218 g/mol. The Kier molecular flexibility index (Phi) is 2.36. The summed E-state index contributed by atoms with van der Waals surface area (Å²) in [6, 6.07) is 15.9. The second kappa shape index (κ2) is 4.15. The first-order valence-electron chi connectivity index (χ1n) is 5.43. The van der Waals surface area contributed by atoms with Crippen molar-refractivity contribution >= 4 is 5.52 Å². The second-order valence-electron chi connectivity index (χ2n) is 3.69. The first-order chi connectivity index (χ1) is 8.43. The maximum atomic E-state index is 4.30. The van der Waals surface area contributed by atoms with Crippen molar-refractivity contribution in [2.45, 2.75) is 0 Å². The fourth-order valence-electron chi connectivity index (χ4n) is 1.69. The molecule has 0 saturated carbocycles. The SMILES string of the molecule is C(#Cc1ncc2ccccn12)c1ccccc1. The van der Waals surface area contributed by atoms with Crippen LogP contribution in [0.3, 0.4) is 0 Å². The Morgan fingerprint density at radius 1 is 0.882 bits per heavy atom. The molecule has 3 aromatic rings. The molecule has 3 rings (SSSR count). The molecule has 2 nitrogen and oxygen atoms in total. The highest BCUT2D eigenvalue weighted by molar-refractivity contribution is 5.49. The number of rotatable bonds is 0. The van der Waals surface area contributed by atoms with Gasteiger partial charge in [-0.3, -0.25) is 4.40 Å². The van der Waals surface area contributed by atoms with Crippen LogP contribution in [-0.4, -0.2) is 9.38 Å². The largest absolute Gasteiger partial charge is 0.293 e. The van der Waals surface area contributed by atoms with Crippen LogP contribution in [0, 0.1) is 11.8 Å². The zero-order valence-corrected chi connectivity index (χ0v) is 9.17. The minimum Gasteiger partial charge on any atom is -0.293 e. The molecule has 0 bridgehead atoms. The van der Waals surface area contributed by atoms with Crippen molar-refractivity contribution in [1.82, 2.24) is 9.38 Å². The van der Waals surface area contributed by atoms with Gasteiger partial charge in [0.25, 0.3) is 0 Å². The summed E-state index contributed by atoms with van der Waals surface area (Å²) in [6.07, 6.45) is 3.80. The van der Waals surface area contributed by atoms with Crippen molar-refractivity contribution < 1.29 is 0 Å². The van der Waals surface area contributed by atoms with Crippen LogP contribution < -0.4 is 0 Å². The molecule has 0 radical (unpaired) electrons. The molecule has 2 heteroatoms. The van der Waals surface area contributed by atoms with E-state index in [0.29, 0.717) is 0 Å². The molecule has 1 aromatic carbocycles. The molecule has 2 aromatic heterocycles. The van der Waals surface area contributed by atoms with Gasteiger partial charge in [-0.25, -0.2) is 4.98 Å². The summed E-state index contributed by atoms with van der Waals surface area (Å²) in [6.45, 7) is 0. The highest BCUT2D eigenvalue weighted by Crippen LogP contribution is 2.05. The molecule has 17 heavy (non-hydrogen) atoms. The van der Waals surface area contributed by atoms with Crippen LogP contribution >= 0.6 is 0 Å². The predicted octanol–water partition coefficient (Wildman–Crippen LogP) is 2.73. The molecule has 80 valence electrons. The number of fused-ring (bicyclic) bond motifs is 1. The minimum atomic E-state index is 0.768. The van der Waals surface area contributed by atoms with E-state index in [2.05, 4.69) is 16.8 Å². The normalized spacial score (nSPS) is 9.88. The molecule has 0 atom stereocenters. The van der Waals surface area contributed by atoms with E-state index in [-0.39, 0.29) is 0 Å². The van der Waals surface area contributed by atoms with Crippen molar-refractivity contribution in [2.24, 2.45) is 0 Å². The van der Waals surface area contributed by atoms with Crippen LogP contribution in [0.15, 0.2) is 60.9 Å². The maximum absolute atomic E-state index is 4.30. The number of benzene rings is 1. The second-order valence-corrected chi connectivity index (χ2v) is 3.69.